The molecule has 4 rings (SSSR count). The molecule has 1 saturated carbocycles. The van der Waals surface area contributed by atoms with Crippen LogP contribution in [0.5, 0.6) is 5.75 Å². The lowest BCUT2D eigenvalue weighted by Gasteiger charge is -2.28. The van der Waals surface area contributed by atoms with Crippen LogP contribution < -0.4 is 10.5 Å². The molecule has 2 N–H and O–H groups in total. The molecule has 1 unspecified atom stereocenters. The Morgan fingerprint density at radius 2 is 1.55 bits per heavy atom. The van der Waals surface area contributed by atoms with E-state index in [1.54, 1.807) is 7.11 Å². The highest BCUT2D eigenvalue weighted by atomic mass is 35.5. The average Bonchev–Trinajstić information content (AvgIpc) is 3.81. The number of nitrogens with zero attached hydrogens (tertiary/aromatic N) is 1. The fourth-order valence-corrected chi connectivity index (χ4v) is 6.26. The third-order valence-corrected chi connectivity index (χ3v) is 9.09. The highest BCUT2D eigenvalue weighted by Crippen LogP contribution is 2.36. The Morgan fingerprint density at radius 3 is 2.17 bits per heavy atom. The van der Waals surface area contributed by atoms with Gasteiger partial charge in [0.15, 0.2) is 5.75 Å². The number of ether oxygens (including phenoxy) is 2. The van der Waals surface area contributed by atoms with E-state index in [9.17, 15) is 4.79 Å². The fourth-order valence-electron chi connectivity index (χ4n) is 5.04. The topological polar surface area (TPSA) is 64.8 Å². The Hall–Kier alpha value is -1.99. The Bertz CT molecular complexity index is 1340. The van der Waals surface area contributed by atoms with Gasteiger partial charge in [-0.2, -0.15) is 0 Å². The zero-order valence-electron chi connectivity index (χ0n) is 24.1. The number of rotatable bonds is 15. The van der Waals surface area contributed by atoms with Crippen molar-refractivity contribution in [2.45, 2.75) is 58.0 Å². The number of carbonyl (C=O) groups excluding carboxylic acids is 1. The van der Waals surface area contributed by atoms with Gasteiger partial charge in [-0.05, 0) is 79.0 Å². The van der Waals surface area contributed by atoms with E-state index in [0.717, 1.165) is 53.5 Å². The molecule has 1 atom stereocenters. The molecule has 1 aliphatic rings. The van der Waals surface area contributed by atoms with E-state index in [1.165, 1.54) is 0 Å². The van der Waals surface area contributed by atoms with Crippen LogP contribution in [0.3, 0.4) is 0 Å². The van der Waals surface area contributed by atoms with Crippen molar-refractivity contribution < 1.29 is 14.3 Å². The third-order valence-electron chi connectivity index (χ3n) is 7.57. The molecule has 9 heteroatoms. The molecule has 1 aliphatic carbocycles. The summed E-state index contributed by atoms with van der Waals surface area (Å²) in [7, 11) is 1.68. The van der Waals surface area contributed by atoms with Gasteiger partial charge < -0.3 is 20.1 Å². The van der Waals surface area contributed by atoms with E-state index >= 15 is 0 Å². The first-order valence-electron chi connectivity index (χ1n) is 14.3. The second-order valence-corrected chi connectivity index (χ2v) is 12.5. The summed E-state index contributed by atoms with van der Waals surface area (Å²) >= 11 is 25.9. The van der Waals surface area contributed by atoms with Crippen LogP contribution in [0.4, 0.5) is 0 Å². The second-order valence-electron chi connectivity index (χ2n) is 10.9. The van der Waals surface area contributed by atoms with Crippen LogP contribution in [-0.2, 0) is 35.3 Å². The lowest BCUT2D eigenvalue weighted by molar-refractivity contribution is -0.136. The molecule has 0 aliphatic heterocycles. The number of hydrogen-bond donors (Lipinski definition) is 1. The number of hydrogen-bond acceptors (Lipinski definition) is 4. The Balaban J connectivity index is 1.36. The number of nitrogens with two attached hydrogens (primary N) is 1. The van der Waals surface area contributed by atoms with Gasteiger partial charge in [0.05, 0.1) is 32.6 Å². The third kappa shape index (κ3) is 8.78. The minimum atomic E-state index is -0.326. The zero-order chi connectivity index (χ0) is 30.2. The number of aryl methyl sites for hydroxylation is 2. The molecule has 0 heterocycles. The summed E-state index contributed by atoms with van der Waals surface area (Å²) in [6.45, 7) is 3.73. The first-order chi connectivity index (χ1) is 20.2. The standard InChI is InChI=1S/C33H38Cl4N2O3/c1-21-16-28(34)32(29(35)17-21)42-15-13-22-5-7-23(8-6-22)18-26(19-38)33(40)39(27-11-12-27)20-25-10-9-24(4-3-14-41-2)30(36)31(25)37/h5-10,16-17,26-27H,3-4,11-15,18-20,38H2,1-2H3. The van der Waals surface area contributed by atoms with Crippen LogP contribution in [0, 0.1) is 12.8 Å². The quantitative estimate of drug-likeness (QED) is 0.169. The molecule has 3 aromatic rings. The number of amides is 1. The van der Waals surface area contributed by atoms with Gasteiger partial charge in [-0.25, -0.2) is 0 Å². The lowest BCUT2D eigenvalue weighted by atomic mass is 9.96. The van der Waals surface area contributed by atoms with E-state index in [-0.39, 0.29) is 24.4 Å². The summed E-state index contributed by atoms with van der Waals surface area (Å²) in [5.74, 6) is 0.237. The highest BCUT2D eigenvalue weighted by molar-refractivity contribution is 6.43. The first kappa shape index (κ1) is 32.9. The van der Waals surface area contributed by atoms with E-state index in [4.69, 9.17) is 61.6 Å². The van der Waals surface area contributed by atoms with Crippen LogP contribution in [-0.4, -0.2) is 43.7 Å². The minimum Gasteiger partial charge on any atom is -0.490 e. The van der Waals surface area contributed by atoms with Crippen LogP contribution in [0.2, 0.25) is 20.1 Å². The second kappa shape index (κ2) is 15.7. The van der Waals surface area contributed by atoms with Crippen LogP contribution >= 0.6 is 46.4 Å². The van der Waals surface area contributed by atoms with E-state index in [2.05, 4.69) is 24.3 Å². The molecule has 0 saturated heterocycles. The molecular weight excluding hydrogens is 614 g/mol. The van der Waals surface area contributed by atoms with Crippen molar-refractivity contribution >= 4 is 52.3 Å². The number of carbonyl (C=O) groups is 1. The minimum absolute atomic E-state index is 0.0562. The number of benzene rings is 3. The molecule has 0 aromatic heterocycles. The molecule has 0 spiro atoms. The van der Waals surface area contributed by atoms with E-state index in [1.807, 2.05) is 36.1 Å². The molecule has 5 nitrogen and oxygen atoms in total. The maximum Gasteiger partial charge on any atom is 0.227 e. The number of halogens is 4. The Kier molecular flexibility index (Phi) is 12.3. The van der Waals surface area contributed by atoms with E-state index < -0.39 is 0 Å². The maximum atomic E-state index is 13.7. The Labute approximate surface area is 269 Å². The van der Waals surface area contributed by atoms with Crippen molar-refractivity contribution in [2.24, 2.45) is 11.7 Å². The summed E-state index contributed by atoms with van der Waals surface area (Å²) in [6.07, 6.45) is 4.89. The first-order valence-corrected chi connectivity index (χ1v) is 15.8. The van der Waals surface area contributed by atoms with Gasteiger partial charge in [-0.3, -0.25) is 4.79 Å². The fraction of sp³-hybridized carbons (Fsp3) is 0.424. The van der Waals surface area contributed by atoms with Crippen LogP contribution in [0.15, 0.2) is 48.5 Å². The summed E-state index contributed by atoms with van der Waals surface area (Å²) in [5.41, 5.74) is 11.2. The summed E-state index contributed by atoms with van der Waals surface area (Å²) in [6, 6.07) is 16.1. The summed E-state index contributed by atoms with van der Waals surface area (Å²) < 4.78 is 11.0. The van der Waals surface area contributed by atoms with Gasteiger partial charge in [0.25, 0.3) is 0 Å². The SMILES string of the molecule is COCCCc1ccc(CN(C(=O)C(CN)Cc2ccc(CCOc3c(Cl)cc(C)cc3Cl)cc2)C2CC2)c(Cl)c1Cl. The zero-order valence-corrected chi connectivity index (χ0v) is 27.1. The molecule has 1 fully saturated rings. The van der Waals surface area contributed by atoms with Gasteiger partial charge in [-0.1, -0.05) is 82.8 Å². The summed E-state index contributed by atoms with van der Waals surface area (Å²) in [5, 5.41) is 2.09. The maximum absolute atomic E-state index is 13.7. The van der Waals surface area contributed by atoms with Crippen molar-refractivity contribution in [3.63, 3.8) is 0 Å². The van der Waals surface area contributed by atoms with Crippen molar-refractivity contribution in [3.05, 3.63) is 96.4 Å². The van der Waals surface area contributed by atoms with Crippen molar-refractivity contribution in [1.29, 1.82) is 0 Å². The van der Waals surface area contributed by atoms with Crippen molar-refractivity contribution in [2.75, 3.05) is 26.9 Å². The molecule has 226 valence electrons. The average molecular weight is 652 g/mol. The molecule has 0 radical (unpaired) electrons. The smallest absolute Gasteiger partial charge is 0.227 e. The van der Waals surface area contributed by atoms with Crippen LogP contribution in [0.25, 0.3) is 0 Å². The summed E-state index contributed by atoms with van der Waals surface area (Å²) in [4.78, 5) is 15.7. The van der Waals surface area contributed by atoms with Gasteiger partial charge in [0, 0.05) is 39.3 Å². The molecule has 42 heavy (non-hydrogen) atoms. The monoisotopic (exact) mass is 650 g/mol. The predicted molar refractivity (Wildman–Crippen MR) is 173 cm³/mol. The van der Waals surface area contributed by atoms with Crippen LogP contribution in [0.1, 0.15) is 47.1 Å². The molecule has 1 amide bonds. The van der Waals surface area contributed by atoms with Crippen molar-refractivity contribution in [1.82, 2.24) is 4.90 Å². The lowest BCUT2D eigenvalue weighted by Crippen LogP contribution is -2.41. The van der Waals surface area contributed by atoms with E-state index in [0.29, 0.717) is 58.4 Å². The van der Waals surface area contributed by atoms with Gasteiger partial charge in [-0.15, -0.1) is 0 Å². The normalized spacial score (nSPS) is 13.7. The van der Waals surface area contributed by atoms with Gasteiger partial charge >= 0.3 is 0 Å². The molecular formula is C33H38Cl4N2O3. The van der Waals surface area contributed by atoms with Gasteiger partial charge in [0.2, 0.25) is 5.91 Å². The Morgan fingerprint density at radius 1 is 0.929 bits per heavy atom. The number of methoxy groups -OCH3 is 1. The largest absolute Gasteiger partial charge is 0.490 e. The predicted octanol–water partition coefficient (Wildman–Crippen LogP) is 8.12. The molecule has 0 bridgehead atoms. The highest BCUT2D eigenvalue weighted by Gasteiger charge is 2.36. The molecule has 3 aromatic carbocycles. The van der Waals surface area contributed by atoms with Crippen molar-refractivity contribution in [3.8, 4) is 5.75 Å². The van der Waals surface area contributed by atoms with Gasteiger partial charge in [0.1, 0.15) is 0 Å².